The van der Waals surface area contributed by atoms with Crippen LogP contribution < -0.4 is 10.0 Å². The number of nitrogens with one attached hydrogen (secondary N) is 2. The predicted octanol–water partition coefficient (Wildman–Crippen LogP) is 1.82. The molecule has 1 aromatic rings. The van der Waals surface area contributed by atoms with Crippen LogP contribution in [0.4, 0.5) is 0 Å². The van der Waals surface area contributed by atoms with E-state index in [1.54, 1.807) is 17.5 Å². The molecule has 1 atom stereocenters. The highest BCUT2D eigenvalue weighted by molar-refractivity contribution is 8.00. The van der Waals surface area contributed by atoms with Crippen LogP contribution in [-0.4, -0.2) is 63.0 Å². The Morgan fingerprint density at radius 2 is 2.29 bits per heavy atom. The van der Waals surface area contributed by atoms with Crippen LogP contribution in [0.15, 0.2) is 26.7 Å². The molecule has 1 saturated heterocycles. The number of thiophene rings is 1. The van der Waals surface area contributed by atoms with Gasteiger partial charge in [-0.15, -0.1) is 11.3 Å². The molecule has 1 unspecified atom stereocenters. The van der Waals surface area contributed by atoms with Crippen molar-refractivity contribution in [1.29, 1.82) is 0 Å². The minimum Gasteiger partial charge on any atom is -0.357 e. The summed E-state index contributed by atoms with van der Waals surface area (Å²) in [5.41, 5.74) is 0. The summed E-state index contributed by atoms with van der Waals surface area (Å²) in [6.07, 6.45) is 1.15. The van der Waals surface area contributed by atoms with Crippen molar-refractivity contribution in [3.63, 3.8) is 0 Å². The molecule has 0 bridgehead atoms. The van der Waals surface area contributed by atoms with Gasteiger partial charge in [-0.2, -0.15) is 11.8 Å². The Hall–Kier alpha value is -0.770. The maximum atomic E-state index is 12.1. The van der Waals surface area contributed by atoms with Crippen molar-refractivity contribution in [1.82, 2.24) is 14.9 Å². The lowest BCUT2D eigenvalue weighted by molar-refractivity contribution is 0.408. The van der Waals surface area contributed by atoms with E-state index in [0.717, 1.165) is 37.8 Å². The average molecular weight is 391 g/mol. The van der Waals surface area contributed by atoms with E-state index in [-0.39, 0.29) is 0 Å². The topological polar surface area (TPSA) is 73.8 Å². The zero-order valence-corrected chi connectivity index (χ0v) is 16.6. The first-order chi connectivity index (χ1) is 11.6. The molecule has 9 heteroatoms. The van der Waals surface area contributed by atoms with Gasteiger partial charge < -0.3 is 10.2 Å². The van der Waals surface area contributed by atoms with E-state index in [9.17, 15) is 8.42 Å². The van der Waals surface area contributed by atoms with E-state index in [1.165, 1.54) is 11.3 Å². The van der Waals surface area contributed by atoms with Crippen molar-refractivity contribution in [2.75, 3.05) is 38.5 Å². The van der Waals surface area contributed by atoms with Crippen LogP contribution in [0, 0.1) is 0 Å². The molecule has 0 aromatic carbocycles. The first kappa shape index (κ1) is 19.6. The molecular formula is C15H26N4O2S3. The van der Waals surface area contributed by atoms with Crippen molar-refractivity contribution in [3.8, 4) is 0 Å². The minimum atomic E-state index is -3.40. The van der Waals surface area contributed by atoms with E-state index in [2.05, 4.69) is 26.9 Å². The van der Waals surface area contributed by atoms with E-state index in [0.29, 0.717) is 22.5 Å². The predicted molar refractivity (Wildman–Crippen MR) is 104 cm³/mol. The summed E-state index contributed by atoms with van der Waals surface area (Å²) in [5.74, 6) is 1.99. The second-order valence-corrected chi connectivity index (χ2v) is 9.76. The van der Waals surface area contributed by atoms with Gasteiger partial charge in [-0.3, -0.25) is 4.99 Å². The number of guanidine groups is 1. The van der Waals surface area contributed by atoms with Crippen LogP contribution in [0.25, 0.3) is 0 Å². The summed E-state index contributed by atoms with van der Waals surface area (Å²) in [4.78, 5) is 6.87. The van der Waals surface area contributed by atoms with Gasteiger partial charge in [0.15, 0.2) is 5.96 Å². The quantitative estimate of drug-likeness (QED) is 0.422. The van der Waals surface area contributed by atoms with Gasteiger partial charge >= 0.3 is 0 Å². The Labute approximate surface area is 153 Å². The fraction of sp³-hybridized carbons (Fsp3) is 0.667. The minimum absolute atomic E-state index is 0.301. The molecule has 0 aliphatic carbocycles. The van der Waals surface area contributed by atoms with E-state index < -0.39 is 10.0 Å². The molecule has 2 rings (SSSR count). The number of nitrogens with zero attached hydrogens (tertiary/aromatic N) is 2. The molecule has 0 amide bonds. The Kier molecular flexibility index (Phi) is 7.86. The van der Waals surface area contributed by atoms with Crippen LogP contribution in [0.2, 0.25) is 0 Å². The Bertz CT molecular complexity index is 617. The smallest absolute Gasteiger partial charge is 0.250 e. The molecule has 0 saturated carbocycles. The van der Waals surface area contributed by atoms with Crippen LogP contribution in [-0.2, 0) is 10.0 Å². The summed E-state index contributed by atoms with van der Waals surface area (Å²) in [6, 6.07) is 3.34. The Balaban J connectivity index is 1.89. The van der Waals surface area contributed by atoms with Crippen molar-refractivity contribution in [2.24, 2.45) is 4.99 Å². The number of thioether (sulfide) groups is 1. The fourth-order valence-electron chi connectivity index (χ4n) is 2.41. The molecule has 24 heavy (non-hydrogen) atoms. The van der Waals surface area contributed by atoms with Crippen LogP contribution in [0.5, 0.6) is 0 Å². The van der Waals surface area contributed by atoms with Crippen molar-refractivity contribution in [3.05, 3.63) is 17.5 Å². The van der Waals surface area contributed by atoms with E-state index >= 15 is 0 Å². The molecular weight excluding hydrogens is 364 g/mol. The van der Waals surface area contributed by atoms with Crippen LogP contribution in [0.3, 0.4) is 0 Å². The zero-order chi connectivity index (χ0) is 17.4. The third kappa shape index (κ3) is 5.65. The molecule has 1 aliphatic rings. The first-order valence-electron chi connectivity index (χ1n) is 8.24. The first-order valence-corrected chi connectivity index (χ1v) is 11.7. The summed E-state index contributed by atoms with van der Waals surface area (Å²) in [6.45, 7) is 7.76. The molecule has 1 aromatic heterocycles. The van der Waals surface area contributed by atoms with Gasteiger partial charge in [0.05, 0.1) is 6.54 Å². The largest absolute Gasteiger partial charge is 0.357 e. The molecule has 2 N–H and O–H groups in total. The molecule has 2 heterocycles. The maximum Gasteiger partial charge on any atom is 0.250 e. The second kappa shape index (κ2) is 9.65. The van der Waals surface area contributed by atoms with Gasteiger partial charge in [-0.25, -0.2) is 13.1 Å². The van der Waals surface area contributed by atoms with Crippen LogP contribution in [0.1, 0.15) is 20.3 Å². The second-order valence-electron chi connectivity index (χ2n) is 5.41. The lowest BCUT2D eigenvalue weighted by Crippen LogP contribution is -2.48. The van der Waals surface area contributed by atoms with Gasteiger partial charge in [0.2, 0.25) is 10.0 Å². The highest BCUT2D eigenvalue weighted by Crippen LogP contribution is 2.21. The lowest BCUT2D eigenvalue weighted by Gasteiger charge is -2.34. The maximum absolute atomic E-state index is 12.1. The van der Waals surface area contributed by atoms with Gasteiger partial charge in [0.25, 0.3) is 0 Å². The molecule has 1 fully saturated rings. The Morgan fingerprint density at radius 3 is 2.96 bits per heavy atom. The van der Waals surface area contributed by atoms with E-state index in [1.807, 2.05) is 18.7 Å². The summed E-state index contributed by atoms with van der Waals surface area (Å²) < 4.78 is 27.1. The van der Waals surface area contributed by atoms with E-state index in [4.69, 9.17) is 0 Å². The van der Waals surface area contributed by atoms with Gasteiger partial charge in [-0.1, -0.05) is 13.0 Å². The van der Waals surface area contributed by atoms with Crippen molar-refractivity contribution in [2.45, 2.75) is 29.7 Å². The summed E-state index contributed by atoms with van der Waals surface area (Å²) in [5, 5.41) is 5.71. The van der Waals surface area contributed by atoms with Gasteiger partial charge in [0, 0.05) is 37.2 Å². The Morgan fingerprint density at radius 1 is 1.46 bits per heavy atom. The van der Waals surface area contributed by atoms with Crippen LogP contribution >= 0.6 is 23.1 Å². The standard InChI is InChI=1S/C15H26N4O2S3/c1-3-13-12-19(9-11-22-13)15(16-4-2)17-7-8-18-24(20,21)14-6-5-10-23-14/h5-6,10,13,18H,3-4,7-9,11-12H2,1-2H3,(H,16,17). The highest BCUT2D eigenvalue weighted by Gasteiger charge is 2.21. The molecule has 6 nitrogen and oxygen atoms in total. The normalized spacial score (nSPS) is 19.5. The molecule has 136 valence electrons. The van der Waals surface area contributed by atoms with Gasteiger partial charge in [-0.05, 0) is 24.8 Å². The number of hydrogen-bond donors (Lipinski definition) is 2. The molecule has 0 radical (unpaired) electrons. The SMILES string of the molecule is CCNC(=NCCNS(=O)(=O)c1cccs1)N1CCSC(CC)C1. The molecule has 1 aliphatic heterocycles. The number of aliphatic imine (C=N–C) groups is 1. The lowest BCUT2D eigenvalue weighted by atomic mass is 10.3. The summed E-state index contributed by atoms with van der Waals surface area (Å²) in [7, 11) is -3.40. The van der Waals surface area contributed by atoms with Crippen molar-refractivity contribution < 1.29 is 8.42 Å². The summed E-state index contributed by atoms with van der Waals surface area (Å²) >= 11 is 3.24. The van der Waals surface area contributed by atoms with Gasteiger partial charge in [0.1, 0.15) is 4.21 Å². The number of rotatable bonds is 7. The average Bonchev–Trinajstić information content (AvgIpc) is 3.13. The van der Waals surface area contributed by atoms with Crippen molar-refractivity contribution >= 4 is 39.1 Å². The third-order valence-electron chi connectivity index (χ3n) is 3.65. The zero-order valence-electron chi connectivity index (χ0n) is 14.2. The highest BCUT2D eigenvalue weighted by atomic mass is 32.2. The third-order valence-corrected chi connectivity index (χ3v) is 7.88. The number of sulfonamides is 1. The fourth-order valence-corrected chi connectivity index (χ4v) is 5.65. The number of hydrogen-bond acceptors (Lipinski definition) is 5. The monoisotopic (exact) mass is 390 g/mol. The molecule has 0 spiro atoms.